The summed E-state index contributed by atoms with van der Waals surface area (Å²) >= 11 is 0. The molecular weight excluding hydrogens is 422 g/mol. The number of rotatable bonds is 5. The zero-order valence-electron chi connectivity index (χ0n) is 16.0. The second kappa shape index (κ2) is 7.73. The summed E-state index contributed by atoms with van der Waals surface area (Å²) in [6, 6.07) is 8.98. The van der Waals surface area contributed by atoms with Crippen molar-refractivity contribution in [2.24, 2.45) is 0 Å². The number of fused-ring (bicyclic) bond motifs is 1. The number of carbonyl (C=O) groups is 2. The minimum Gasteiger partial charge on any atom is -0.484 e. The Morgan fingerprint density at radius 2 is 1.87 bits per heavy atom. The monoisotopic (exact) mass is 439 g/mol. The van der Waals surface area contributed by atoms with Crippen LogP contribution in [0.4, 0.5) is 22.4 Å². The molecular formula is C20H17F4N3O4. The van der Waals surface area contributed by atoms with Crippen molar-refractivity contribution < 1.29 is 36.7 Å². The average Bonchev–Trinajstić information content (AvgIpc) is 3.01. The third kappa shape index (κ3) is 4.41. The number of hydrogen-bond acceptors (Lipinski definition) is 4. The van der Waals surface area contributed by atoms with Crippen molar-refractivity contribution in [3.63, 3.8) is 0 Å². The van der Waals surface area contributed by atoms with E-state index in [1.54, 1.807) is 0 Å². The van der Waals surface area contributed by atoms with Gasteiger partial charge >= 0.3 is 12.2 Å². The van der Waals surface area contributed by atoms with Crippen molar-refractivity contribution in [1.29, 1.82) is 0 Å². The molecule has 31 heavy (non-hydrogen) atoms. The zero-order chi connectivity index (χ0) is 22.2. The van der Waals surface area contributed by atoms with E-state index in [0.29, 0.717) is 11.1 Å². The number of hydrogen-bond donors (Lipinski definition) is 2. The van der Waals surface area contributed by atoms with Gasteiger partial charge in [-0.3, -0.25) is 9.63 Å². The highest BCUT2D eigenvalue weighted by Crippen LogP contribution is 2.32. The van der Waals surface area contributed by atoms with Gasteiger partial charge in [0.25, 0.3) is 5.91 Å². The summed E-state index contributed by atoms with van der Waals surface area (Å²) in [5.41, 5.74) is 2.38. The number of halogens is 4. The lowest BCUT2D eigenvalue weighted by Crippen LogP contribution is -2.62. The van der Waals surface area contributed by atoms with Crippen LogP contribution in [0.15, 0.2) is 42.5 Å². The predicted octanol–water partition coefficient (Wildman–Crippen LogP) is 2.86. The van der Waals surface area contributed by atoms with Gasteiger partial charge in [-0.2, -0.15) is 13.2 Å². The van der Waals surface area contributed by atoms with Gasteiger partial charge in [0.15, 0.2) is 6.61 Å². The van der Waals surface area contributed by atoms with Crippen LogP contribution in [0.2, 0.25) is 0 Å². The maximum Gasteiger partial charge on any atom is 0.422 e. The summed E-state index contributed by atoms with van der Waals surface area (Å²) < 4.78 is 55.3. The van der Waals surface area contributed by atoms with Gasteiger partial charge in [-0.25, -0.2) is 14.7 Å². The lowest BCUT2D eigenvalue weighted by Gasteiger charge is -2.40. The normalized spacial score (nSPS) is 20.8. The molecule has 164 valence electrons. The van der Waals surface area contributed by atoms with E-state index in [2.05, 4.69) is 10.8 Å². The largest absolute Gasteiger partial charge is 0.484 e. The first kappa shape index (κ1) is 20.9. The second-order valence-corrected chi connectivity index (χ2v) is 7.32. The lowest BCUT2D eigenvalue weighted by atomic mass is 9.89. The third-order valence-corrected chi connectivity index (χ3v) is 5.06. The maximum atomic E-state index is 13.4. The van der Waals surface area contributed by atoms with Crippen LogP contribution >= 0.6 is 0 Å². The highest BCUT2D eigenvalue weighted by molar-refractivity contribution is 5.98. The highest BCUT2D eigenvalue weighted by atomic mass is 19.4. The van der Waals surface area contributed by atoms with Gasteiger partial charge < -0.3 is 15.0 Å². The van der Waals surface area contributed by atoms with E-state index >= 15 is 0 Å². The second-order valence-electron chi connectivity index (χ2n) is 7.32. The van der Waals surface area contributed by atoms with Crippen molar-refractivity contribution in [3.8, 4) is 5.75 Å². The minimum absolute atomic E-state index is 0.00168. The van der Waals surface area contributed by atoms with E-state index in [4.69, 9.17) is 9.57 Å². The molecule has 0 aliphatic carbocycles. The first-order valence-corrected chi connectivity index (χ1v) is 9.23. The van der Waals surface area contributed by atoms with Gasteiger partial charge in [0.2, 0.25) is 0 Å². The van der Waals surface area contributed by atoms with Crippen molar-refractivity contribution in [3.05, 3.63) is 65.0 Å². The Balaban J connectivity index is 1.57. The lowest BCUT2D eigenvalue weighted by molar-refractivity contribution is -0.153. The van der Waals surface area contributed by atoms with Crippen LogP contribution in [-0.4, -0.2) is 42.8 Å². The number of benzene rings is 2. The van der Waals surface area contributed by atoms with Crippen molar-refractivity contribution in [2.45, 2.75) is 18.3 Å². The molecule has 7 nitrogen and oxygen atoms in total. The summed E-state index contributed by atoms with van der Waals surface area (Å²) in [5, 5.41) is 2.75. The van der Waals surface area contributed by atoms with Gasteiger partial charge in [-0.05, 0) is 35.4 Å². The molecule has 0 spiro atoms. The Labute approximate surface area is 173 Å². The molecule has 0 radical (unpaired) electrons. The Kier molecular flexibility index (Phi) is 5.21. The predicted molar refractivity (Wildman–Crippen MR) is 98.4 cm³/mol. The van der Waals surface area contributed by atoms with E-state index in [-0.39, 0.29) is 31.0 Å². The molecule has 0 bridgehead atoms. The van der Waals surface area contributed by atoms with E-state index in [1.165, 1.54) is 47.4 Å². The summed E-state index contributed by atoms with van der Waals surface area (Å²) in [7, 11) is 0. The van der Waals surface area contributed by atoms with Crippen LogP contribution < -0.4 is 15.5 Å². The van der Waals surface area contributed by atoms with Crippen molar-refractivity contribution in [1.82, 2.24) is 15.7 Å². The van der Waals surface area contributed by atoms with Crippen molar-refractivity contribution >= 4 is 11.9 Å². The number of amides is 3. The molecule has 1 saturated heterocycles. The molecule has 2 aliphatic rings. The molecule has 1 unspecified atom stereocenters. The molecule has 2 aromatic rings. The summed E-state index contributed by atoms with van der Waals surface area (Å²) in [5.74, 6) is -0.962. The van der Waals surface area contributed by atoms with Crippen LogP contribution in [0.25, 0.3) is 0 Å². The molecule has 1 fully saturated rings. The Morgan fingerprint density at radius 1 is 1.13 bits per heavy atom. The number of hydroxylamine groups is 1. The topological polar surface area (TPSA) is 79.9 Å². The fraction of sp³-hybridized carbons (Fsp3) is 0.300. The van der Waals surface area contributed by atoms with Crippen molar-refractivity contribution in [2.75, 3.05) is 19.8 Å². The van der Waals surface area contributed by atoms with E-state index in [9.17, 15) is 27.2 Å². The van der Waals surface area contributed by atoms with Gasteiger partial charge in [0.1, 0.15) is 23.7 Å². The molecule has 11 heteroatoms. The molecule has 2 heterocycles. The van der Waals surface area contributed by atoms with Crippen LogP contribution in [0, 0.1) is 5.82 Å². The molecule has 2 aromatic carbocycles. The number of carbonyl (C=O) groups excluding carboxylic acids is 2. The SMILES string of the molecule is O=C1NOCC(CN2Cc3ccc(OCC(F)(F)F)cc3C2=O)(c2ccc(F)cc2)N1. The Hall–Kier alpha value is -3.34. The summed E-state index contributed by atoms with van der Waals surface area (Å²) in [4.78, 5) is 31.5. The van der Waals surface area contributed by atoms with Crippen LogP contribution in [-0.2, 0) is 16.9 Å². The number of nitrogens with zero attached hydrogens (tertiary/aromatic N) is 1. The summed E-state index contributed by atoms with van der Waals surface area (Å²) in [6.45, 7) is -1.32. The number of nitrogens with one attached hydrogen (secondary N) is 2. The fourth-order valence-corrected chi connectivity index (χ4v) is 3.65. The zero-order valence-corrected chi connectivity index (χ0v) is 16.0. The van der Waals surface area contributed by atoms with Gasteiger partial charge in [0, 0.05) is 12.1 Å². The molecule has 2 aliphatic heterocycles. The smallest absolute Gasteiger partial charge is 0.422 e. The van der Waals surface area contributed by atoms with Crippen LogP contribution in [0.3, 0.4) is 0 Å². The Morgan fingerprint density at radius 3 is 2.55 bits per heavy atom. The molecule has 3 amide bonds. The molecule has 0 saturated carbocycles. The molecule has 4 rings (SSSR count). The van der Waals surface area contributed by atoms with E-state index in [1.807, 2.05) is 0 Å². The van der Waals surface area contributed by atoms with Gasteiger partial charge in [-0.15, -0.1) is 0 Å². The highest BCUT2D eigenvalue weighted by Gasteiger charge is 2.42. The number of ether oxygens (including phenoxy) is 1. The van der Waals surface area contributed by atoms with Crippen LogP contribution in [0.1, 0.15) is 21.5 Å². The van der Waals surface area contributed by atoms with Gasteiger partial charge in [-0.1, -0.05) is 18.2 Å². The molecule has 0 aromatic heterocycles. The molecule has 2 N–H and O–H groups in total. The molecule has 1 atom stereocenters. The third-order valence-electron chi connectivity index (χ3n) is 5.06. The standard InChI is InChI=1S/C20H17F4N3O4/c21-14-4-2-13(3-5-14)19(10-31-26-18(29)25-19)9-27-8-12-1-6-15(7-16(12)17(27)28)30-11-20(22,23)24/h1-7H,8-11H2,(H2,25,26,29). The number of alkyl halides is 3. The minimum atomic E-state index is -4.50. The maximum absolute atomic E-state index is 13.4. The summed E-state index contributed by atoms with van der Waals surface area (Å²) in [6.07, 6.45) is -4.50. The number of urea groups is 1. The average molecular weight is 439 g/mol. The van der Waals surface area contributed by atoms with E-state index < -0.39 is 36.1 Å². The van der Waals surface area contributed by atoms with Gasteiger partial charge in [0.05, 0.1) is 6.54 Å². The fourth-order valence-electron chi connectivity index (χ4n) is 3.65. The van der Waals surface area contributed by atoms with Crippen LogP contribution in [0.5, 0.6) is 5.75 Å². The first-order valence-electron chi connectivity index (χ1n) is 9.23. The Bertz CT molecular complexity index is 1010. The first-order chi connectivity index (χ1) is 14.7. The van der Waals surface area contributed by atoms with E-state index in [0.717, 1.165) is 0 Å². The quantitative estimate of drug-likeness (QED) is 0.703.